The molecule has 20 heavy (non-hydrogen) atoms. The van der Waals surface area contributed by atoms with Gasteiger partial charge in [-0.15, -0.1) is 11.3 Å². The van der Waals surface area contributed by atoms with E-state index in [0.29, 0.717) is 6.54 Å². The number of aromatic nitrogens is 1. The highest BCUT2D eigenvalue weighted by Crippen LogP contribution is 2.24. The molecule has 3 aromatic rings. The second-order valence-electron chi connectivity index (χ2n) is 4.38. The molecule has 2 aromatic carbocycles. The molecule has 1 aromatic heterocycles. The largest absolute Gasteiger partial charge is 0.507 e. The van der Waals surface area contributed by atoms with Gasteiger partial charge in [-0.3, -0.25) is 4.79 Å². The number of thiazole rings is 1. The fraction of sp³-hybridized carbons (Fsp3) is 0.0667. The summed E-state index contributed by atoms with van der Waals surface area (Å²) in [4.78, 5) is 16.2. The van der Waals surface area contributed by atoms with Crippen LogP contribution in [0.15, 0.2) is 47.3 Å². The number of aromatic hydroxyl groups is 1. The number of benzene rings is 2. The number of carbonyl (C=O) groups excluding carboxylic acids is 1. The van der Waals surface area contributed by atoms with E-state index in [2.05, 4.69) is 10.3 Å². The summed E-state index contributed by atoms with van der Waals surface area (Å²) >= 11 is 1.48. The van der Waals surface area contributed by atoms with Gasteiger partial charge in [-0.1, -0.05) is 24.3 Å². The van der Waals surface area contributed by atoms with Gasteiger partial charge in [0.05, 0.1) is 23.3 Å². The van der Waals surface area contributed by atoms with Crippen molar-refractivity contribution >= 4 is 28.0 Å². The fourth-order valence-corrected chi connectivity index (χ4v) is 2.56. The Bertz CT molecular complexity index is 754. The molecule has 0 aliphatic rings. The minimum absolute atomic E-state index is 0.0144. The van der Waals surface area contributed by atoms with E-state index in [-0.39, 0.29) is 17.2 Å². The monoisotopic (exact) mass is 284 g/mol. The maximum Gasteiger partial charge on any atom is 0.255 e. The maximum absolute atomic E-state index is 12.1. The first-order valence-electron chi connectivity index (χ1n) is 6.11. The summed E-state index contributed by atoms with van der Waals surface area (Å²) in [5, 5.41) is 16.4. The van der Waals surface area contributed by atoms with Crippen molar-refractivity contribution in [1.29, 1.82) is 0 Å². The third-order valence-corrected chi connectivity index (χ3v) is 3.66. The Morgan fingerprint density at radius 1 is 1.25 bits per heavy atom. The van der Waals surface area contributed by atoms with Crippen molar-refractivity contribution in [1.82, 2.24) is 10.3 Å². The molecule has 1 amide bonds. The Labute approximate surface area is 119 Å². The first kappa shape index (κ1) is 12.6. The summed E-state index contributed by atoms with van der Waals surface area (Å²) in [5.74, 6) is -0.319. The van der Waals surface area contributed by atoms with E-state index in [0.717, 1.165) is 16.5 Å². The van der Waals surface area contributed by atoms with Gasteiger partial charge >= 0.3 is 0 Å². The molecule has 1 heterocycles. The number of carbonyl (C=O) groups is 1. The van der Waals surface area contributed by atoms with Crippen molar-refractivity contribution < 1.29 is 9.90 Å². The molecule has 5 heteroatoms. The molecule has 3 rings (SSSR count). The molecule has 0 aliphatic carbocycles. The lowest BCUT2D eigenvalue weighted by atomic mass is 10.1. The molecule has 0 radical (unpaired) electrons. The Kier molecular flexibility index (Phi) is 3.35. The molecular weight excluding hydrogens is 272 g/mol. The average molecular weight is 284 g/mol. The Hall–Kier alpha value is -2.40. The Morgan fingerprint density at radius 3 is 2.70 bits per heavy atom. The lowest BCUT2D eigenvalue weighted by Gasteiger charge is -2.07. The third kappa shape index (κ3) is 2.48. The number of rotatable bonds is 3. The molecule has 0 bridgehead atoms. The number of nitrogens with one attached hydrogen (secondary N) is 1. The highest BCUT2D eigenvalue weighted by atomic mass is 32.1. The molecule has 0 saturated heterocycles. The zero-order valence-electron chi connectivity index (χ0n) is 10.5. The Balaban J connectivity index is 1.85. The van der Waals surface area contributed by atoms with E-state index >= 15 is 0 Å². The summed E-state index contributed by atoms with van der Waals surface area (Å²) in [6, 6.07) is 10.9. The van der Waals surface area contributed by atoms with Gasteiger partial charge in [0.25, 0.3) is 5.91 Å². The van der Waals surface area contributed by atoms with Gasteiger partial charge in [-0.2, -0.15) is 0 Å². The number of amides is 1. The lowest BCUT2D eigenvalue weighted by molar-refractivity contribution is 0.0948. The van der Waals surface area contributed by atoms with Crippen molar-refractivity contribution in [3.8, 4) is 5.75 Å². The number of phenolic OH excluding ortho intramolecular Hbond substituents is 1. The third-order valence-electron chi connectivity index (χ3n) is 3.02. The van der Waals surface area contributed by atoms with Crippen LogP contribution in [0.2, 0.25) is 0 Å². The van der Waals surface area contributed by atoms with Gasteiger partial charge in [0.15, 0.2) is 0 Å². The van der Waals surface area contributed by atoms with Crippen molar-refractivity contribution in [3.05, 3.63) is 58.5 Å². The SMILES string of the molecule is O=C(NCc1cscn1)c1cc2ccccc2cc1O. The van der Waals surface area contributed by atoms with Crippen LogP contribution in [0.3, 0.4) is 0 Å². The average Bonchev–Trinajstić information content (AvgIpc) is 2.97. The first-order valence-corrected chi connectivity index (χ1v) is 7.05. The summed E-state index contributed by atoms with van der Waals surface area (Å²) < 4.78 is 0. The lowest BCUT2D eigenvalue weighted by Crippen LogP contribution is -2.23. The first-order chi connectivity index (χ1) is 9.74. The summed E-state index contributed by atoms with van der Waals surface area (Å²) in [5.41, 5.74) is 2.80. The standard InChI is InChI=1S/C15H12N2O2S/c18-14-6-11-4-2-1-3-10(11)5-13(14)15(19)16-7-12-8-20-9-17-12/h1-6,8-9,18H,7H2,(H,16,19). The molecule has 0 saturated carbocycles. The van der Waals surface area contributed by atoms with Crippen LogP contribution in [0.1, 0.15) is 16.1 Å². The van der Waals surface area contributed by atoms with Crippen molar-refractivity contribution in [3.63, 3.8) is 0 Å². The zero-order valence-corrected chi connectivity index (χ0v) is 11.4. The van der Waals surface area contributed by atoms with Crippen LogP contribution in [0.5, 0.6) is 5.75 Å². The predicted molar refractivity (Wildman–Crippen MR) is 78.9 cm³/mol. The molecule has 0 aliphatic heterocycles. The van der Waals surface area contributed by atoms with Crippen LogP contribution < -0.4 is 5.32 Å². The topological polar surface area (TPSA) is 62.2 Å². The van der Waals surface area contributed by atoms with Gasteiger partial charge in [0.2, 0.25) is 0 Å². The van der Waals surface area contributed by atoms with Crippen molar-refractivity contribution in [2.24, 2.45) is 0 Å². The van der Waals surface area contributed by atoms with Gasteiger partial charge < -0.3 is 10.4 Å². The molecular formula is C15H12N2O2S. The quantitative estimate of drug-likeness (QED) is 0.777. The van der Waals surface area contributed by atoms with Crippen molar-refractivity contribution in [2.45, 2.75) is 6.54 Å². The number of phenols is 1. The van der Waals surface area contributed by atoms with E-state index in [9.17, 15) is 9.90 Å². The van der Waals surface area contributed by atoms with Crippen LogP contribution in [0.4, 0.5) is 0 Å². The van der Waals surface area contributed by atoms with E-state index in [4.69, 9.17) is 0 Å². The molecule has 2 N–H and O–H groups in total. The van der Waals surface area contributed by atoms with E-state index in [1.54, 1.807) is 17.6 Å². The maximum atomic E-state index is 12.1. The highest BCUT2D eigenvalue weighted by molar-refractivity contribution is 7.07. The minimum Gasteiger partial charge on any atom is -0.507 e. The van der Waals surface area contributed by atoms with Crippen LogP contribution >= 0.6 is 11.3 Å². The fourth-order valence-electron chi connectivity index (χ4n) is 2.00. The number of hydrogen-bond donors (Lipinski definition) is 2. The van der Waals surface area contributed by atoms with Crippen LogP contribution in [-0.2, 0) is 6.54 Å². The second kappa shape index (κ2) is 5.30. The molecule has 100 valence electrons. The zero-order chi connectivity index (χ0) is 13.9. The summed E-state index contributed by atoms with van der Waals surface area (Å²) in [6.45, 7) is 0.356. The van der Waals surface area contributed by atoms with Crippen LogP contribution in [0.25, 0.3) is 10.8 Å². The molecule has 0 spiro atoms. The smallest absolute Gasteiger partial charge is 0.255 e. The molecule has 0 atom stereocenters. The van der Waals surface area contributed by atoms with E-state index < -0.39 is 0 Å². The number of hydrogen-bond acceptors (Lipinski definition) is 4. The normalized spacial score (nSPS) is 10.6. The summed E-state index contributed by atoms with van der Waals surface area (Å²) in [7, 11) is 0. The highest BCUT2D eigenvalue weighted by Gasteiger charge is 2.12. The predicted octanol–water partition coefficient (Wildman–Crippen LogP) is 2.93. The van der Waals surface area contributed by atoms with Gasteiger partial charge in [-0.25, -0.2) is 4.98 Å². The second-order valence-corrected chi connectivity index (χ2v) is 5.10. The van der Waals surface area contributed by atoms with E-state index in [1.165, 1.54) is 11.3 Å². The minimum atomic E-state index is -0.304. The Morgan fingerprint density at radius 2 is 2.00 bits per heavy atom. The molecule has 4 nitrogen and oxygen atoms in total. The number of fused-ring (bicyclic) bond motifs is 1. The van der Waals surface area contributed by atoms with E-state index in [1.807, 2.05) is 29.6 Å². The van der Waals surface area contributed by atoms with Crippen LogP contribution in [-0.4, -0.2) is 16.0 Å². The van der Waals surface area contributed by atoms with Crippen LogP contribution in [0, 0.1) is 0 Å². The van der Waals surface area contributed by atoms with Crippen molar-refractivity contribution in [2.75, 3.05) is 0 Å². The molecule has 0 unspecified atom stereocenters. The molecule has 0 fully saturated rings. The summed E-state index contributed by atoms with van der Waals surface area (Å²) in [6.07, 6.45) is 0. The van der Waals surface area contributed by atoms with Gasteiger partial charge in [0, 0.05) is 5.38 Å². The van der Waals surface area contributed by atoms with Gasteiger partial charge in [0.1, 0.15) is 5.75 Å². The number of nitrogens with zero attached hydrogens (tertiary/aromatic N) is 1. The van der Waals surface area contributed by atoms with Gasteiger partial charge in [-0.05, 0) is 22.9 Å².